The van der Waals surface area contributed by atoms with Crippen molar-refractivity contribution in [3.63, 3.8) is 0 Å². The molecule has 16 heavy (non-hydrogen) atoms. The average Bonchev–Trinajstić information content (AvgIpc) is 2.71. The molecule has 2 rings (SSSR count). The molecule has 0 amide bonds. The molecule has 0 N–H and O–H groups in total. The maximum absolute atomic E-state index is 12.9. The van der Waals surface area contributed by atoms with Crippen LogP contribution in [0.25, 0.3) is 0 Å². The van der Waals surface area contributed by atoms with E-state index in [9.17, 15) is 9.18 Å². The van der Waals surface area contributed by atoms with Crippen molar-refractivity contribution in [1.29, 1.82) is 0 Å². The highest BCUT2D eigenvalue weighted by Crippen LogP contribution is 2.16. The molecule has 1 aromatic heterocycles. The fourth-order valence-electron chi connectivity index (χ4n) is 1.48. The predicted octanol–water partition coefficient (Wildman–Crippen LogP) is 3.14. The van der Waals surface area contributed by atoms with E-state index in [-0.39, 0.29) is 5.02 Å². The molecule has 1 aromatic carbocycles. The van der Waals surface area contributed by atoms with Gasteiger partial charge in [-0.2, -0.15) is 0 Å². The smallest absolute Gasteiger partial charge is 0.151 e. The Morgan fingerprint density at radius 1 is 1.38 bits per heavy atom. The van der Waals surface area contributed by atoms with Crippen LogP contribution in [0.2, 0.25) is 5.02 Å². The summed E-state index contributed by atoms with van der Waals surface area (Å²) < 4.78 is 14.8. The van der Waals surface area contributed by atoms with Crippen molar-refractivity contribution < 1.29 is 9.18 Å². The molecule has 1 heterocycles. The van der Waals surface area contributed by atoms with Crippen LogP contribution in [-0.4, -0.2) is 10.9 Å². The maximum Gasteiger partial charge on any atom is 0.151 e. The van der Waals surface area contributed by atoms with Crippen LogP contribution in [0.4, 0.5) is 4.39 Å². The molecular weight excluding hydrogens is 229 g/mol. The highest BCUT2D eigenvalue weighted by molar-refractivity contribution is 6.30. The van der Waals surface area contributed by atoms with Gasteiger partial charge in [-0.1, -0.05) is 17.7 Å². The number of rotatable bonds is 3. The van der Waals surface area contributed by atoms with E-state index >= 15 is 0 Å². The molecule has 0 aliphatic heterocycles. The van der Waals surface area contributed by atoms with Gasteiger partial charge in [-0.3, -0.25) is 4.79 Å². The van der Waals surface area contributed by atoms with Gasteiger partial charge in [0.05, 0.1) is 5.02 Å². The Morgan fingerprint density at radius 3 is 2.81 bits per heavy atom. The van der Waals surface area contributed by atoms with Crippen LogP contribution in [0.3, 0.4) is 0 Å². The van der Waals surface area contributed by atoms with Crippen LogP contribution >= 0.6 is 11.6 Å². The van der Waals surface area contributed by atoms with E-state index in [1.807, 2.05) is 4.57 Å². The normalized spacial score (nSPS) is 10.4. The Labute approximate surface area is 97.3 Å². The fourth-order valence-corrected chi connectivity index (χ4v) is 1.68. The van der Waals surface area contributed by atoms with Gasteiger partial charge in [0.2, 0.25) is 0 Å². The zero-order valence-electron chi connectivity index (χ0n) is 8.36. The van der Waals surface area contributed by atoms with Crippen LogP contribution in [-0.2, 0) is 6.54 Å². The molecule has 0 aliphatic rings. The third-order valence-corrected chi connectivity index (χ3v) is 2.55. The summed E-state index contributed by atoms with van der Waals surface area (Å²) in [5.74, 6) is -0.425. The Morgan fingerprint density at radius 2 is 2.19 bits per heavy atom. The van der Waals surface area contributed by atoms with Crippen LogP contribution in [0.5, 0.6) is 0 Å². The first-order chi connectivity index (χ1) is 7.69. The number of benzene rings is 1. The van der Waals surface area contributed by atoms with Gasteiger partial charge < -0.3 is 4.57 Å². The van der Waals surface area contributed by atoms with Crippen LogP contribution in [0.1, 0.15) is 15.9 Å². The van der Waals surface area contributed by atoms with E-state index in [2.05, 4.69) is 0 Å². The SMILES string of the molecule is O=Cc1ccn(Cc2ccc(F)c(Cl)c2)c1. The Hall–Kier alpha value is -1.61. The third-order valence-electron chi connectivity index (χ3n) is 2.26. The number of carbonyl (C=O) groups is 1. The first kappa shape index (κ1) is 10.9. The number of aromatic nitrogens is 1. The first-order valence-electron chi connectivity index (χ1n) is 4.74. The number of carbonyl (C=O) groups excluding carboxylic acids is 1. The summed E-state index contributed by atoms with van der Waals surface area (Å²) in [6, 6.07) is 6.30. The number of aldehydes is 1. The standard InChI is InChI=1S/C12H9ClFNO/c13-11-5-9(1-2-12(11)14)6-15-4-3-10(7-15)8-16/h1-5,7-8H,6H2. The van der Waals surface area contributed by atoms with E-state index < -0.39 is 5.82 Å². The molecule has 0 atom stereocenters. The van der Waals surface area contributed by atoms with Gasteiger partial charge in [-0.05, 0) is 23.8 Å². The Balaban J connectivity index is 2.20. The van der Waals surface area contributed by atoms with E-state index in [0.717, 1.165) is 11.8 Å². The molecule has 0 aliphatic carbocycles. The fraction of sp³-hybridized carbons (Fsp3) is 0.0833. The molecule has 0 spiro atoms. The van der Waals surface area contributed by atoms with Crippen molar-refractivity contribution >= 4 is 17.9 Å². The lowest BCUT2D eigenvalue weighted by molar-refractivity contribution is 0.112. The van der Waals surface area contributed by atoms with Crippen molar-refractivity contribution in [2.75, 3.05) is 0 Å². The molecular formula is C12H9ClFNO. The van der Waals surface area contributed by atoms with Gasteiger partial charge in [0.1, 0.15) is 5.82 Å². The number of hydrogen-bond acceptors (Lipinski definition) is 1. The zero-order chi connectivity index (χ0) is 11.5. The summed E-state index contributed by atoms with van der Waals surface area (Å²) >= 11 is 5.67. The molecule has 0 fully saturated rings. The molecule has 4 heteroatoms. The summed E-state index contributed by atoms with van der Waals surface area (Å²) in [7, 11) is 0. The summed E-state index contributed by atoms with van der Waals surface area (Å²) in [6.45, 7) is 0.563. The van der Waals surface area contributed by atoms with Crippen LogP contribution in [0, 0.1) is 5.82 Å². The highest BCUT2D eigenvalue weighted by atomic mass is 35.5. The lowest BCUT2D eigenvalue weighted by Gasteiger charge is -2.04. The molecule has 2 nitrogen and oxygen atoms in total. The number of hydrogen-bond donors (Lipinski definition) is 0. The number of nitrogens with zero attached hydrogens (tertiary/aromatic N) is 1. The minimum atomic E-state index is -0.425. The van der Waals surface area contributed by atoms with E-state index in [1.165, 1.54) is 6.07 Å². The van der Waals surface area contributed by atoms with Gasteiger partial charge >= 0.3 is 0 Å². The maximum atomic E-state index is 12.9. The summed E-state index contributed by atoms with van der Waals surface area (Å²) in [6.07, 6.45) is 4.30. The minimum absolute atomic E-state index is 0.111. The molecule has 0 radical (unpaired) electrons. The van der Waals surface area contributed by atoms with Gasteiger partial charge in [-0.25, -0.2) is 4.39 Å². The van der Waals surface area contributed by atoms with Crippen molar-refractivity contribution in [3.8, 4) is 0 Å². The summed E-state index contributed by atoms with van der Waals surface area (Å²) in [5, 5.41) is 0.111. The lowest BCUT2D eigenvalue weighted by atomic mass is 10.2. The summed E-state index contributed by atoms with van der Waals surface area (Å²) in [4.78, 5) is 10.5. The van der Waals surface area contributed by atoms with Crippen molar-refractivity contribution in [3.05, 3.63) is 58.6 Å². The third kappa shape index (κ3) is 2.31. The second-order valence-corrected chi connectivity index (χ2v) is 3.89. The zero-order valence-corrected chi connectivity index (χ0v) is 9.12. The highest BCUT2D eigenvalue weighted by Gasteiger charge is 2.02. The molecule has 0 saturated heterocycles. The topological polar surface area (TPSA) is 22.0 Å². The lowest BCUT2D eigenvalue weighted by Crippen LogP contribution is -1.96. The van der Waals surface area contributed by atoms with Crippen molar-refractivity contribution in [1.82, 2.24) is 4.57 Å². The molecule has 2 aromatic rings. The van der Waals surface area contributed by atoms with E-state index in [1.54, 1.807) is 30.6 Å². The monoisotopic (exact) mass is 237 g/mol. The molecule has 0 bridgehead atoms. The number of halogens is 2. The second-order valence-electron chi connectivity index (χ2n) is 3.48. The van der Waals surface area contributed by atoms with Crippen LogP contribution < -0.4 is 0 Å². The minimum Gasteiger partial charge on any atom is -0.349 e. The van der Waals surface area contributed by atoms with Crippen LogP contribution in [0.15, 0.2) is 36.7 Å². The summed E-state index contributed by atoms with van der Waals surface area (Å²) in [5.41, 5.74) is 1.51. The molecule has 0 saturated carbocycles. The largest absolute Gasteiger partial charge is 0.349 e. The van der Waals surface area contributed by atoms with Gasteiger partial charge in [0.15, 0.2) is 6.29 Å². The van der Waals surface area contributed by atoms with E-state index in [0.29, 0.717) is 12.1 Å². The molecule has 82 valence electrons. The average molecular weight is 238 g/mol. The van der Waals surface area contributed by atoms with Crippen molar-refractivity contribution in [2.45, 2.75) is 6.54 Å². The van der Waals surface area contributed by atoms with E-state index in [4.69, 9.17) is 11.6 Å². The van der Waals surface area contributed by atoms with Gasteiger partial charge in [0, 0.05) is 24.5 Å². The van der Waals surface area contributed by atoms with Gasteiger partial charge in [-0.15, -0.1) is 0 Å². The van der Waals surface area contributed by atoms with Crippen molar-refractivity contribution in [2.24, 2.45) is 0 Å². The van der Waals surface area contributed by atoms with Gasteiger partial charge in [0.25, 0.3) is 0 Å². The molecule has 0 unspecified atom stereocenters. The first-order valence-corrected chi connectivity index (χ1v) is 5.12. The Kier molecular flexibility index (Phi) is 3.06. The predicted molar refractivity (Wildman–Crippen MR) is 60.3 cm³/mol. The quantitative estimate of drug-likeness (QED) is 0.752. The Bertz CT molecular complexity index is 521. The second kappa shape index (κ2) is 4.49.